The summed E-state index contributed by atoms with van der Waals surface area (Å²) in [4.78, 5) is 40.0. The third-order valence-corrected chi connectivity index (χ3v) is 7.78. The van der Waals surface area contributed by atoms with Crippen molar-refractivity contribution in [1.29, 1.82) is 0 Å². The summed E-state index contributed by atoms with van der Waals surface area (Å²) >= 11 is 14.0. The summed E-state index contributed by atoms with van der Waals surface area (Å²) in [5.74, 6) is -0.492. The van der Waals surface area contributed by atoms with Gasteiger partial charge in [0, 0.05) is 37.4 Å². The fraction of sp³-hybridized carbons (Fsp3) is 0.121. The van der Waals surface area contributed by atoms with Crippen LogP contribution in [0.15, 0.2) is 108 Å². The topological polar surface area (TPSA) is 96.5 Å². The maximum absolute atomic E-state index is 13.5. The largest absolute Gasteiger partial charge is 0.494 e. The van der Waals surface area contributed by atoms with Crippen LogP contribution >= 0.6 is 35.0 Å². The first-order chi connectivity index (χ1) is 20.7. The third kappa shape index (κ3) is 9.12. The summed E-state index contributed by atoms with van der Waals surface area (Å²) in [7, 11) is 0. The molecule has 1 atom stereocenters. The fourth-order valence-corrected chi connectivity index (χ4v) is 5.32. The second-order valence-electron chi connectivity index (χ2n) is 9.20. The smallest absolute Gasteiger partial charge is 0.272 e. The molecule has 4 aromatic carbocycles. The minimum Gasteiger partial charge on any atom is -0.494 e. The van der Waals surface area contributed by atoms with Gasteiger partial charge in [0.1, 0.15) is 11.4 Å². The predicted octanol–water partition coefficient (Wildman–Crippen LogP) is 7.92. The molecule has 0 heterocycles. The third-order valence-electron chi connectivity index (χ3n) is 6.02. The maximum Gasteiger partial charge on any atom is 0.272 e. The first-order valence-electron chi connectivity index (χ1n) is 13.4. The number of thioether (sulfide) groups is 1. The highest BCUT2D eigenvalue weighted by Crippen LogP contribution is 2.29. The molecule has 0 aliphatic rings. The number of benzene rings is 4. The molecule has 0 radical (unpaired) electrons. The van der Waals surface area contributed by atoms with Crippen molar-refractivity contribution in [2.24, 2.45) is 0 Å². The van der Waals surface area contributed by atoms with Crippen molar-refractivity contribution in [2.45, 2.75) is 24.0 Å². The van der Waals surface area contributed by atoms with E-state index in [0.29, 0.717) is 39.2 Å². The van der Waals surface area contributed by atoms with E-state index in [9.17, 15) is 14.4 Å². The van der Waals surface area contributed by atoms with Crippen LogP contribution in [0.25, 0.3) is 6.08 Å². The lowest BCUT2D eigenvalue weighted by Crippen LogP contribution is -2.30. The van der Waals surface area contributed by atoms with Gasteiger partial charge in [-0.15, -0.1) is 11.8 Å². The molecular weight excluding hydrogens is 605 g/mol. The lowest BCUT2D eigenvalue weighted by molar-refractivity contribution is -0.115. The van der Waals surface area contributed by atoms with E-state index in [2.05, 4.69) is 16.0 Å². The van der Waals surface area contributed by atoms with Crippen molar-refractivity contribution in [3.8, 4) is 5.75 Å². The lowest BCUT2D eigenvalue weighted by Gasteiger charge is -2.14. The van der Waals surface area contributed by atoms with E-state index in [1.165, 1.54) is 17.8 Å². The highest BCUT2D eigenvalue weighted by Gasteiger charge is 2.18. The molecule has 0 saturated carbocycles. The van der Waals surface area contributed by atoms with Crippen molar-refractivity contribution in [3.63, 3.8) is 0 Å². The van der Waals surface area contributed by atoms with Crippen molar-refractivity contribution in [3.05, 3.63) is 124 Å². The average Bonchev–Trinajstić information content (AvgIpc) is 3.00. The molecule has 0 saturated heterocycles. The van der Waals surface area contributed by atoms with Gasteiger partial charge in [-0.25, -0.2) is 0 Å². The van der Waals surface area contributed by atoms with E-state index < -0.39 is 17.1 Å². The number of halogens is 2. The maximum atomic E-state index is 13.5. The highest BCUT2D eigenvalue weighted by molar-refractivity contribution is 8.00. The second-order valence-corrected chi connectivity index (χ2v) is 11.4. The van der Waals surface area contributed by atoms with Gasteiger partial charge in [-0.1, -0.05) is 53.5 Å². The molecule has 3 N–H and O–H groups in total. The number of carbonyl (C=O) groups is 3. The molecule has 0 bridgehead atoms. The second kappa shape index (κ2) is 15.3. The zero-order valence-corrected chi connectivity index (χ0v) is 25.7. The molecule has 4 rings (SSSR count). The summed E-state index contributed by atoms with van der Waals surface area (Å²) in [5.41, 5.74) is 1.85. The van der Waals surface area contributed by atoms with Crippen molar-refractivity contribution in [1.82, 2.24) is 5.32 Å². The van der Waals surface area contributed by atoms with Crippen LogP contribution in [-0.4, -0.2) is 29.6 Å². The van der Waals surface area contributed by atoms with Crippen LogP contribution in [0.1, 0.15) is 29.8 Å². The van der Waals surface area contributed by atoms with E-state index in [0.717, 1.165) is 10.6 Å². The Bertz CT molecular complexity index is 1610. The SMILES string of the molecule is CCOc1ccc(NC(=O)C(C)Sc2cccc(NC(=O)/C(=C\c3c(Cl)cccc3Cl)NC(=O)c3ccccc3)c2)cc1. The Balaban J connectivity index is 1.48. The molecule has 4 aromatic rings. The Morgan fingerprint density at radius 3 is 2.19 bits per heavy atom. The standard InChI is InChI=1S/C33H29Cl2N3O4S/c1-3-42-25-17-15-23(16-18-25)36-31(39)21(2)43-26-12-7-11-24(19-26)37-33(41)30(20-27-28(34)13-8-14-29(27)35)38-32(40)22-9-5-4-6-10-22/h4-21H,3H2,1-2H3,(H,36,39)(H,37,41)(H,38,40)/b30-20+. The summed E-state index contributed by atoms with van der Waals surface area (Å²) in [6, 6.07) is 27.7. The Kier molecular flexibility index (Phi) is 11.3. The lowest BCUT2D eigenvalue weighted by atomic mass is 10.1. The minimum atomic E-state index is -0.580. The van der Waals surface area contributed by atoms with Crippen LogP contribution in [0.3, 0.4) is 0 Å². The molecule has 0 aliphatic heterocycles. The van der Waals surface area contributed by atoms with Gasteiger partial charge in [0.2, 0.25) is 5.91 Å². The summed E-state index contributed by atoms with van der Waals surface area (Å²) in [5, 5.41) is 8.62. The van der Waals surface area contributed by atoms with Crippen molar-refractivity contribution in [2.75, 3.05) is 17.2 Å². The zero-order valence-electron chi connectivity index (χ0n) is 23.4. The van der Waals surface area contributed by atoms with Gasteiger partial charge in [0.25, 0.3) is 11.8 Å². The molecule has 1 unspecified atom stereocenters. The van der Waals surface area contributed by atoms with Crippen LogP contribution in [0.4, 0.5) is 11.4 Å². The summed E-state index contributed by atoms with van der Waals surface area (Å²) < 4.78 is 5.44. The molecule has 0 fully saturated rings. The minimum absolute atomic E-state index is 0.0509. The zero-order chi connectivity index (χ0) is 30.8. The normalized spacial score (nSPS) is 11.8. The number of rotatable bonds is 11. The van der Waals surface area contributed by atoms with Gasteiger partial charge in [-0.2, -0.15) is 0 Å². The van der Waals surface area contributed by atoms with E-state index in [-0.39, 0.29) is 11.6 Å². The monoisotopic (exact) mass is 633 g/mol. The highest BCUT2D eigenvalue weighted by atomic mass is 35.5. The van der Waals surface area contributed by atoms with Gasteiger partial charge < -0.3 is 20.7 Å². The average molecular weight is 635 g/mol. The van der Waals surface area contributed by atoms with Gasteiger partial charge in [-0.3, -0.25) is 14.4 Å². The summed E-state index contributed by atoms with van der Waals surface area (Å²) in [6.07, 6.45) is 1.44. The van der Waals surface area contributed by atoms with Crippen molar-refractivity contribution < 1.29 is 19.1 Å². The molecular formula is C33H29Cl2N3O4S. The Hall–Kier alpha value is -4.24. The van der Waals surface area contributed by atoms with Crippen LogP contribution in [0.2, 0.25) is 10.0 Å². The fourth-order valence-electron chi connectivity index (χ4n) is 3.88. The van der Waals surface area contributed by atoms with Gasteiger partial charge in [-0.05, 0) is 86.7 Å². The summed E-state index contributed by atoms with van der Waals surface area (Å²) in [6.45, 7) is 4.27. The van der Waals surface area contributed by atoms with Gasteiger partial charge in [0.05, 0.1) is 11.9 Å². The van der Waals surface area contributed by atoms with Crippen LogP contribution in [-0.2, 0) is 9.59 Å². The molecule has 3 amide bonds. The van der Waals surface area contributed by atoms with Gasteiger partial charge >= 0.3 is 0 Å². The first kappa shape index (κ1) is 31.7. The number of carbonyl (C=O) groups excluding carboxylic acids is 3. The van der Waals surface area contributed by atoms with Crippen LogP contribution in [0.5, 0.6) is 5.75 Å². The number of anilines is 2. The Morgan fingerprint density at radius 1 is 0.837 bits per heavy atom. The van der Waals surface area contributed by atoms with E-state index >= 15 is 0 Å². The Labute approximate surface area is 264 Å². The van der Waals surface area contributed by atoms with E-state index in [1.807, 2.05) is 13.0 Å². The molecule has 0 spiro atoms. The molecule has 10 heteroatoms. The number of nitrogens with one attached hydrogen (secondary N) is 3. The first-order valence-corrected chi connectivity index (χ1v) is 15.0. The quantitative estimate of drug-likeness (QED) is 0.115. The molecule has 7 nitrogen and oxygen atoms in total. The molecule has 0 aromatic heterocycles. The van der Waals surface area contributed by atoms with Crippen LogP contribution < -0.4 is 20.7 Å². The van der Waals surface area contributed by atoms with Gasteiger partial charge in [0.15, 0.2) is 0 Å². The predicted molar refractivity (Wildman–Crippen MR) is 175 cm³/mol. The Morgan fingerprint density at radius 2 is 1.51 bits per heavy atom. The number of hydrogen-bond donors (Lipinski definition) is 3. The van der Waals surface area contributed by atoms with Crippen LogP contribution in [0, 0.1) is 0 Å². The number of ether oxygens (including phenoxy) is 1. The van der Waals surface area contributed by atoms with E-state index in [1.54, 1.807) is 97.9 Å². The number of hydrogen-bond acceptors (Lipinski definition) is 5. The molecule has 43 heavy (non-hydrogen) atoms. The van der Waals surface area contributed by atoms with Crippen molar-refractivity contribution >= 4 is 70.1 Å². The molecule has 220 valence electrons. The number of amides is 3. The molecule has 0 aliphatic carbocycles. The van der Waals surface area contributed by atoms with E-state index in [4.69, 9.17) is 27.9 Å².